The van der Waals surface area contributed by atoms with Gasteiger partial charge in [0, 0.05) is 63.2 Å². The van der Waals surface area contributed by atoms with Crippen molar-refractivity contribution in [3.63, 3.8) is 0 Å². The Balaban J connectivity index is 1.26. The van der Waals surface area contributed by atoms with Crippen molar-refractivity contribution < 1.29 is 9.90 Å². The normalized spacial score (nSPS) is 20.7. The van der Waals surface area contributed by atoms with Crippen LogP contribution in [0.2, 0.25) is 5.02 Å². The fourth-order valence-corrected chi connectivity index (χ4v) is 4.53. The number of benzene rings is 1. The Hall–Kier alpha value is -2.02. The van der Waals surface area contributed by atoms with Crippen molar-refractivity contribution in [3.05, 3.63) is 52.8 Å². The van der Waals surface area contributed by atoms with E-state index in [1.807, 2.05) is 40.9 Å². The Bertz CT molecular complexity index is 843. The van der Waals surface area contributed by atoms with Gasteiger partial charge in [0.25, 0.3) is 5.91 Å². The maximum Gasteiger partial charge on any atom is 0.255 e. The molecule has 1 atom stereocenters. The molecule has 29 heavy (non-hydrogen) atoms. The molecule has 3 heterocycles. The summed E-state index contributed by atoms with van der Waals surface area (Å²) in [5.74, 6) is 0.0460. The van der Waals surface area contributed by atoms with E-state index >= 15 is 0 Å². The predicted molar refractivity (Wildman–Crippen MR) is 116 cm³/mol. The number of aliphatic hydroxyl groups excluding tert-OH is 1. The van der Waals surface area contributed by atoms with Crippen LogP contribution in [-0.4, -0.2) is 71.2 Å². The molecule has 4 rings (SSSR count). The Kier molecular flexibility index (Phi) is 6.13. The number of aryl methyl sites for hydroxylation is 1. The van der Waals surface area contributed by atoms with E-state index in [1.54, 1.807) is 0 Å². The number of rotatable bonds is 5. The second-order valence-electron chi connectivity index (χ2n) is 7.98. The molecule has 1 unspecified atom stereocenters. The summed E-state index contributed by atoms with van der Waals surface area (Å²) in [6.07, 6.45) is 2.83. The van der Waals surface area contributed by atoms with E-state index in [4.69, 9.17) is 11.6 Å². The third-order valence-electron chi connectivity index (χ3n) is 6.09. The second kappa shape index (κ2) is 8.78. The number of piperazine rings is 1. The molecule has 0 saturated carbocycles. The number of aliphatic hydroxyl groups is 1. The van der Waals surface area contributed by atoms with E-state index in [0.29, 0.717) is 18.5 Å². The van der Waals surface area contributed by atoms with Gasteiger partial charge in [0.1, 0.15) is 0 Å². The van der Waals surface area contributed by atoms with Crippen LogP contribution in [0.3, 0.4) is 0 Å². The molecule has 7 heteroatoms. The minimum Gasteiger partial charge on any atom is -0.387 e. The van der Waals surface area contributed by atoms with E-state index in [1.165, 1.54) is 5.69 Å². The number of halogens is 1. The lowest BCUT2D eigenvalue weighted by Crippen LogP contribution is -2.47. The first-order valence-corrected chi connectivity index (χ1v) is 10.8. The summed E-state index contributed by atoms with van der Waals surface area (Å²) >= 11 is 5.98. The topological polar surface area (TPSA) is 52.0 Å². The average molecular weight is 417 g/mol. The van der Waals surface area contributed by atoms with E-state index in [0.717, 1.165) is 56.4 Å². The third-order valence-corrected chi connectivity index (χ3v) is 6.34. The summed E-state index contributed by atoms with van der Waals surface area (Å²) in [7, 11) is 1.88. The van der Waals surface area contributed by atoms with Gasteiger partial charge in [-0.25, -0.2) is 0 Å². The number of hydrogen-bond donors (Lipinski definition) is 1. The van der Waals surface area contributed by atoms with Crippen molar-refractivity contribution >= 4 is 23.2 Å². The molecular formula is C22H29ClN4O2. The molecule has 2 aliphatic heterocycles. The molecule has 1 saturated heterocycles. The number of hydrogen-bond acceptors (Lipinski definition) is 4. The number of anilines is 1. The molecule has 1 fully saturated rings. The van der Waals surface area contributed by atoms with Crippen LogP contribution >= 0.6 is 11.6 Å². The highest BCUT2D eigenvalue weighted by molar-refractivity contribution is 6.30. The van der Waals surface area contributed by atoms with E-state index < -0.39 is 6.10 Å². The molecule has 1 aromatic heterocycles. The van der Waals surface area contributed by atoms with Gasteiger partial charge in [-0.3, -0.25) is 9.69 Å². The lowest BCUT2D eigenvalue weighted by molar-refractivity contribution is 0.0738. The highest BCUT2D eigenvalue weighted by atomic mass is 35.5. The Morgan fingerprint density at radius 2 is 1.76 bits per heavy atom. The van der Waals surface area contributed by atoms with Crippen molar-refractivity contribution in [2.24, 2.45) is 7.05 Å². The highest BCUT2D eigenvalue weighted by Crippen LogP contribution is 2.27. The zero-order valence-corrected chi connectivity index (χ0v) is 17.7. The summed E-state index contributed by atoms with van der Waals surface area (Å²) in [5.41, 5.74) is 2.62. The quantitative estimate of drug-likeness (QED) is 0.814. The maximum absolute atomic E-state index is 12.9. The minimum atomic E-state index is -0.570. The van der Waals surface area contributed by atoms with Crippen LogP contribution in [0.4, 0.5) is 5.69 Å². The van der Waals surface area contributed by atoms with Crippen molar-refractivity contribution in [3.8, 4) is 0 Å². The van der Waals surface area contributed by atoms with Crippen LogP contribution in [0.1, 0.15) is 35.0 Å². The Morgan fingerprint density at radius 1 is 1.03 bits per heavy atom. The monoisotopic (exact) mass is 416 g/mol. The standard InChI is InChI=1S/C22H29ClN4O2/c1-24-11-7-19-21(24)20(28)8-12-27(22(19)29)10-2-9-25-13-15-26(16-14-25)18-5-3-17(23)4-6-18/h3-7,11,20,28H,2,8-10,12-16H2,1H3. The van der Waals surface area contributed by atoms with Crippen LogP contribution in [0.5, 0.6) is 0 Å². The van der Waals surface area contributed by atoms with Crippen LogP contribution in [0.15, 0.2) is 36.5 Å². The first-order chi connectivity index (χ1) is 14.0. The lowest BCUT2D eigenvalue weighted by atomic mass is 10.1. The average Bonchev–Trinajstić information content (AvgIpc) is 3.07. The SMILES string of the molecule is Cn1ccc2c1C(O)CCN(CCCN1CCN(c3ccc(Cl)cc3)CC1)C2=O. The van der Waals surface area contributed by atoms with Crippen molar-refractivity contribution in [1.29, 1.82) is 0 Å². The molecule has 0 aliphatic carbocycles. The smallest absolute Gasteiger partial charge is 0.255 e. The van der Waals surface area contributed by atoms with Crippen LogP contribution in [0.25, 0.3) is 0 Å². The highest BCUT2D eigenvalue weighted by Gasteiger charge is 2.29. The molecule has 2 aliphatic rings. The van der Waals surface area contributed by atoms with Gasteiger partial charge in [0.2, 0.25) is 0 Å². The molecular weight excluding hydrogens is 388 g/mol. The van der Waals surface area contributed by atoms with Gasteiger partial charge >= 0.3 is 0 Å². The van der Waals surface area contributed by atoms with Crippen molar-refractivity contribution in [2.45, 2.75) is 18.9 Å². The first-order valence-electron chi connectivity index (χ1n) is 10.4. The van der Waals surface area contributed by atoms with Gasteiger partial charge in [-0.1, -0.05) is 11.6 Å². The number of aromatic nitrogens is 1. The summed E-state index contributed by atoms with van der Waals surface area (Å²) in [4.78, 5) is 19.6. The second-order valence-corrected chi connectivity index (χ2v) is 8.42. The van der Waals surface area contributed by atoms with Gasteiger partial charge in [0.15, 0.2) is 0 Å². The predicted octanol–water partition coefficient (Wildman–Crippen LogP) is 2.77. The number of amides is 1. The Morgan fingerprint density at radius 3 is 2.48 bits per heavy atom. The molecule has 0 spiro atoms. The van der Waals surface area contributed by atoms with Gasteiger partial charge in [-0.15, -0.1) is 0 Å². The van der Waals surface area contributed by atoms with Crippen LogP contribution in [0, 0.1) is 0 Å². The molecule has 0 radical (unpaired) electrons. The van der Waals surface area contributed by atoms with Crippen LogP contribution in [-0.2, 0) is 7.05 Å². The Labute approximate surface area is 177 Å². The van der Waals surface area contributed by atoms with Gasteiger partial charge in [-0.2, -0.15) is 0 Å². The van der Waals surface area contributed by atoms with Crippen molar-refractivity contribution in [2.75, 3.05) is 50.7 Å². The van der Waals surface area contributed by atoms with E-state index in [2.05, 4.69) is 21.9 Å². The summed E-state index contributed by atoms with van der Waals surface area (Å²) in [6.45, 7) is 6.39. The fraction of sp³-hybridized carbons (Fsp3) is 0.500. The maximum atomic E-state index is 12.9. The third kappa shape index (κ3) is 4.44. The molecule has 6 nitrogen and oxygen atoms in total. The molecule has 156 valence electrons. The van der Waals surface area contributed by atoms with E-state index in [9.17, 15) is 9.90 Å². The van der Waals surface area contributed by atoms with Gasteiger partial charge in [-0.05, 0) is 49.7 Å². The van der Waals surface area contributed by atoms with Crippen molar-refractivity contribution in [1.82, 2.24) is 14.4 Å². The molecule has 1 aromatic carbocycles. The summed E-state index contributed by atoms with van der Waals surface area (Å²) in [5, 5.41) is 11.2. The summed E-state index contributed by atoms with van der Waals surface area (Å²) in [6, 6.07) is 9.87. The molecule has 1 N–H and O–H groups in total. The molecule has 0 bridgehead atoms. The minimum absolute atomic E-state index is 0.0460. The largest absolute Gasteiger partial charge is 0.387 e. The molecule has 1 amide bonds. The summed E-state index contributed by atoms with van der Waals surface area (Å²) < 4.78 is 1.86. The first kappa shape index (κ1) is 20.3. The lowest BCUT2D eigenvalue weighted by Gasteiger charge is -2.36. The zero-order valence-electron chi connectivity index (χ0n) is 16.9. The van der Waals surface area contributed by atoms with Gasteiger partial charge < -0.3 is 19.5 Å². The number of carbonyl (C=O) groups excluding carboxylic acids is 1. The van der Waals surface area contributed by atoms with Crippen LogP contribution < -0.4 is 4.90 Å². The van der Waals surface area contributed by atoms with E-state index in [-0.39, 0.29) is 5.91 Å². The number of carbonyl (C=O) groups is 1. The van der Waals surface area contributed by atoms with Gasteiger partial charge in [0.05, 0.1) is 17.4 Å². The zero-order chi connectivity index (χ0) is 20.4. The number of fused-ring (bicyclic) bond motifs is 1. The number of nitrogens with zero attached hydrogens (tertiary/aromatic N) is 4. The fourth-order valence-electron chi connectivity index (χ4n) is 4.40. The molecule has 2 aromatic rings.